The van der Waals surface area contributed by atoms with Gasteiger partial charge < -0.3 is 5.84 Å². The fourth-order valence-corrected chi connectivity index (χ4v) is 5.02. The average Bonchev–Trinajstić information content (AvgIpc) is 3.37. The number of halogens is 1. The van der Waals surface area contributed by atoms with Gasteiger partial charge in [0.1, 0.15) is 0 Å². The van der Waals surface area contributed by atoms with Gasteiger partial charge in [0.05, 0.1) is 11.4 Å². The molecule has 2 aromatic carbocycles. The first kappa shape index (κ1) is 22.3. The Bertz CT molecular complexity index is 1270. The van der Waals surface area contributed by atoms with E-state index in [1.807, 2.05) is 49.6 Å². The van der Waals surface area contributed by atoms with Crippen LogP contribution in [0.4, 0.5) is 10.8 Å². The number of nitrogens with two attached hydrogens (primary N) is 1. The van der Waals surface area contributed by atoms with E-state index in [0.29, 0.717) is 26.9 Å². The first-order valence-corrected chi connectivity index (χ1v) is 12.0. The molecule has 4 rings (SSSR count). The number of thiazole rings is 1. The van der Waals surface area contributed by atoms with Crippen molar-refractivity contribution in [2.75, 3.05) is 10.7 Å². The maximum Gasteiger partial charge on any atom is 0.230 e. The highest BCUT2D eigenvalue weighted by molar-refractivity contribution is 7.98. The van der Waals surface area contributed by atoms with Crippen molar-refractivity contribution in [3.63, 3.8) is 0 Å². The molecule has 0 spiro atoms. The zero-order valence-corrected chi connectivity index (χ0v) is 20.1. The Balaban J connectivity index is 1.52. The second-order valence-corrected chi connectivity index (χ2v) is 9.38. The number of anilines is 2. The number of amides is 1. The SMILES string of the molecule is CC(=O)N(c1nc(CSc2nnc(-c3ccc(Cl)cc3)n2N)cs1)c1cccc(C)c1C. The molecule has 0 aliphatic carbocycles. The molecule has 0 aliphatic heterocycles. The van der Waals surface area contributed by atoms with Gasteiger partial charge in [0.2, 0.25) is 11.1 Å². The third kappa shape index (κ3) is 4.50. The summed E-state index contributed by atoms with van der Waals surface area (Å²) in [5, 5.41) is 12.2. The molecule has 0 saturated heterocycles. The van der Waals surface area contributed by atoms with Crippen LogP contribution in [0.25, 0.3) is 11.4 Å². The Morgan fingerprint density at radius 1 is 1.19 bits per heavy atom. The number of carbonyl (C=O) groups is 1. The zero-order valence-electron chi connectivity index (χ0n) is 17.7. The lowest BCUT2D eigenvalue weighted by Gasteiger charge is -2.21. The highest BCUT2D eigenvalue weighted by Gasteiger charge is 2.21. The molecule has 0 unspecified atom stereocenters. The van der Waals surface area contributed by atoms with Gasteiger partial charge >= 0.3 is 0 Å². The molecule has 2 aromatic heterocycles. The van der Waals surface area contributed by atoms with Gasteiger partial charge in [0.15, 0.2) is 11.0 Å². The Labute approximate surface area is 199 Å². The van der Waals surface area contributed by atoms with Crippen molar-refractivity contribution in [2.24, 2.45) is 0 Å². The molecule has 0 bridgehead atoms. The molecule has 0 saturated carbocycles. The molecule has 0 fully saturated rings. The van der Waals surface area contributed by atoms with Crippen molar-refractivity contribution in [1.29, 1.82) is 0 Å². The van der Waals surface area contributed by atoms with Crippen LogP contribution in [0.3, 0.4) is 0 Å². The van der Waals surface area contributed by atoms with Crippen molar-refractivity contribution < 1.29 is 4.79 Å². The van der Waals surface area contributed by atoms with Crippen molar-refractivity contribution in [2.45, 2.75) is 31.7 Å². The van der Waals surface area contributed by atoms with E-state index in [0.717, 1.165) is 28.1 Å². The maximum atomic E-state index is 12.4. The third-order valence-electron chi connectivity index (χ3n) is 4.98. The molecule has 2 heterocycles. The number of hydrogen-bond donors (Lipinski definition) is 1. The lowest BCUT2D eigenvalue weighted by atomic mass is 10.1. The molecule has 164 valence electrons. The molecular weight excluding hydrogens is 464 g/mol. The van der Waals surface area contributed by atoms with E-state index in [9.17, 15) is 4.79 Å². The molecule has 1 amide bonds. The van der Waals surface area contributed by atoms with Crippen molar-refractivity contribution in [1.82, 2.24) is 19.9 Å². The molecule has 0 aliphatic rings. The van der Waals surface area contributed by atoms with Crippen LogP contribution in [0.1, 0.15) is 23.7 Å². The lowest BCUT2D eigenvalue weighted by molar-refractivity contribution is -0.115. The van der Waals surface area contributed by atoms with Crippen LogP contribution in [0.2, 0.25) is 5.02 Å². The van der Waals surface area contributed by atoms with Crippen LogP contribution in [0, 0.1) is 13.8 Å². The van der Waals surface area contributed by atoms with Gasteiger partial charge in [-0.3, -0.25) is 9.69 Å². The average molecular weight is 485 g/mol. The summed E-state index contributed by atoms with van der Waals surface area (Å²) in [5.41, 5.74) is 4.69. The smallest absolute Gasteiger partial charge is 0.230 e. The topological polar surface area (TPSA) is 89.9 Å². The number of aryl methyl sites for hydroxylation is 1. The van der Waals surface area contributed by atoms with Gasteiger partial charge in [0.25, 0.3) is 0 Å². The molecule has 10 heteroatoms. The summed E-state index contributed by atoms with van der Waals surface area (Å²) >= 11 is 8.82. The zero-order chi connectivity index (χ0) is 22.8. The summed E-state index contributed by atoms with van der Waals surface area (Å²) in [6.07, 6.45) is 0. The molecule has 7 nitrogen and oxygen atoms in total. The van der Waals surface area contributed by atoms with Gasteiger partial charge in [-0.25, -0.2) is 9.66 Å². The summed E-state index contributed by atoms with van der Waals surface area (Å²) in [7, 11) is 0. The fourth-order valence-electron chi connectivity index (χ4n) is 3.16. The van der Waals surface area contributed by atoms with E-state index in [4.69, 9.17) is 17.4 Å². The predicted molar refractivity (Wildman–Crippen MR) is 131 cm³/mol. The Morgan fingerprint density at radius 3 is 2.66 bits per heavy atom. The van der Waals surface area contributed by atoms with E-state index in [1.165, 1.54) is 27.8 Å². The second kappa shape index (κ2) is 9.32. The number of aromatic nitrogens is 4. The maximum absolute atomic E-state index is 12.4. The van der Waals surface area contributed by atoms with E-state index in [2.05, 4.69) is 15.2 Å². The Kier molecular flexibility index (Phi) is 6.50. The van der Waals surface area contributed by atoms with Crippen LogP contribution in [0.15, 0.2) is 53.0 Å². The number of thioether (sulfide) groups is 1. The number of nitrogen functional groups attached to an aromatic ring is 1. The van der Waals surface area contributed by atoms with Gasteiger partial charge in [-0.2, -0.15) is 0 Å². The monoisotopic (exact) mass is 484 g/mol. The van der Waals surface area contributed by atoms with Crippen LogP contribution in [-0.2, 0) is 10.5 Å². The lowest BCUT2D eigenvalue weighted by Crippen LogP contribution is -2.23. The summed E-state index contributed by atoms with van der Waals surface area (Å²) in [6, 6.07) is 13.2. The van der Waals surface area contributed by atoms with Gasteiger partial charge in [-0.1, -0.05) is 35.5 Å². The number of benzene rings is 2. The molecule has 0 atom stereocenters. The predicted octanol–water partition coefficient (Wildman–Crippen LogP) is 5.36. The Morgan fingerprint density at radius 2 is 1.94 bits per heavy atom. The summed E-state index contributed by atoms with van der Waals surface area (Å²) in [4.78, 5) is 18.8. The van der Waals surface area contributed by atoms with E-state index in [-0.39, 0.29) is 5.91 Å². The summed E-state index contributed by atoms with van der Waals surface area (Å²) in [5.74, 6) is 7.23. The van der Waals surface area contributed by atoms with Crippen molar-refractivity contribution >= 4 is 51.4 Å². The quantitative estimate of drug-likeness (QED) is 0.292. The first-order valence-electron chi connectivity index (χ1n) is 9.75. The largest absolute Gasteiger partial charge is 0.335 e. The van der Waals surface area contributed by atoms with Gasteiger partial charge in [0, 0.05) is 28.6 Å². The van der Waals surface area contributed by atoms with E-state index < -0.39 is 0 Å². The standard InChI is InChI=1S/C22H21ClN6OS2/c1-13-5-4-6-19(14(13)2)28(15(3)30)21-25-18(11-31-21)12-32-22-27-26-20(29(22)24)16-7-9-17(23)10-8-16/h4-11H,12,24H2,1-3H3. The normalized spacial score (nSPS) is 11.0. The van der Waals surface area contributed by atoms with Gasteiger partial charge in [-0.15, -0.1) is 21.5 Å². The fraction of sp³-hybridized carbons (Fsp3) is 0.182. The molecular formula is C22H21ClN6OS2. The van der Waals surface area contributed by atoms with Crippen LogP contribution >= 0.6 is 34.7 Å². The van der Waals surface area contributed by atoms with Crippen molar-refractivity contribution in [3.8, 4) is 11.4 Å². The minimum Gasteiger partial charge on any atom is -0.335 e. The van der Waals surface area contributed by atoms with Crippen LogP contribution in [-0.4, -0.2) is 25.8 Å². The second-order valence-electron chi connectivity index (χ2n) is 7.17. The highest BCUT2D eigenvalue weighted by atomic mass is 35.5. The Hall–Kier alpha value is -2.88. The molecule has 4 aromatic rings. The highest BCUT2D eigenvalue weighted by Crippen LogP contribution is 2.34. The minimum atomic E-state index is -0.0819. The molecule has 0 radical (unpaired) electrons. The number of carbonyl (C=O) groups excluding carboxylic acids is 1. The molecule has 32 heavy (non-hydrogen) atoms. The first-order chi connectivity index (χ1) is 15.3. The van der Waals surface area contributed by atoms with E-state index in [1.54, 1.807) is 24.0 Å². The third-order valence-corrected chi connectivity index (χ3v) is 7.08. The van der Waals surface area contributed by atoms with Crippen LogP contribution < -0.4 is 10.7 Å². The summed E-state index contributed by atoms with van der Waals surface area (Å²) < 4.78 is 1.46. The number of nitrogens with zero attached hydrogens (tertiary/aromatic N) is 5. The number of rotatable bonds is 6. The van der Waals surface area contributed by atoms with Gasteiger partial charge in [-0.05, 0) is 55.3 Å². The van der Waals surface area contributed by atoms with Crippen LogP contribution in [0.5, 0.6) is 0 Å². The molecule has 2 N–H and O–H groups in total. The number of hydrogen-bond acceptors (Lipinski definition) is 7. The minimum absolute atomic E-state index is 0.0819. The van der Waals surface area contributed by atoms with E-state index >= 15 is 0 Å². The summed E-state index contributed by atoms with van der Waals surface area (Å²) in [6.45, 7) is 5.59. The van der Waals surface area contributed by atoms with Crippen molar-refractivity contribution in [3.05, 3.63) is 69.7 Å².